The van der Waals surface area contributed by atoms with Crippen LogP contribution in [-0.4, -0.2) is 17.8 Å². The van der Waals surface area contributed by atoms with E-state index in [9.17, 15) is 18.8 Å². The number of carbonyl (C=O) groups is 1. The van der Waals surface area contributed by atoms with Crippen molar-refractivity contribution < 1.29 is 32.9 Å². The Morgan fingerprint density at radius 1 is 0.707 bits per heavy atom. The number of hydrogen-bond donors (Lipinski definition) is 0. The Kier molecular flexibility index (Phi) is 11.3. The average Bonchev–Trinajstić information content (AvgIpc) is 3.02. The Morgan fingerprint density at radius 2 is 1.20 bits per heavy atom. The average molecular weight is 593 g/mol. The van der Waals surface area contributed by atoms with E-state index in [-0.39, 0.29) is 23.9 Å². The summed E-state index contributed by atoms with van der Waals surface area (Å²) < 4.78 is 34.2. The normalized spacial score (nSPS) is 11.1. The van der Waals surface area contributed by atoms with Gasteiger partial charge in [-0.25, -0.2) is 4.79 Å². The van der Waals surface area contributed by atoms with Crippen molar-refractivity contribution in [1.29, 1.82) is 0 Å². The van der Waals surface area contributed by atoms with E-state index in [0.29, 0.717) is 0 Å². The second-order valence-corrected chi connectivity index (χ2v) is 11.3. The van der Waals surface area contributed by atoms with Crippen LogP contribution in [0.25, 0.3) is 10.8 Å². The highest BCUT2D eigenvalue weighted by Gasteiger charge is 2.43. The topological polar surface area (TPSA) is 67.8 Å². The van der Waals surface area contributed by atoms with Gasteiger partial charge in [-0.05, 0) is 52.7 Å². The molecule has 9 heteroatoms. The maximum absolute atomic E-state index is 13.1. The van der Waals surface area contributed by atoms with Crippen LogP contribution >= 0.6 is 12.0 Å². The van der Waals surface area contributed by atoms with Crippen LogP contribution in [0.2, 0.25) is 0 Å². The molecule has 0 aromatic heterocycles. The van der Waals surface area contributed by atoms with Crippen molar-refractivity contribution in [2.75, 3.05) is 6.61 Å². The van der Waals surface area contributed by atoms with Gasteiger partial charge in [-0.15, -0.1) is 0 Å². The van der Waals surface area contributed by atoms with Crippen molar-refractivity contribution in [1.82, 2.24) is 0 Å². The van der Waals surface area contributed by atoms with Gasteiger partial charge < -0.3 is 9.99 Å². The third kappa shape index (κ3) is 8.63. The quantitative estimate of drug-likeness (QED) is 0.0563. The molecule has 0 atom stereocenters. The minimum Gasteiger partial charge on any atom is -0.691 e. The number of alkyl halides is 2. The maximum atomic E-state index is 13.1. The van der Waals surface area contributed by atoms with Gasteiger partial charge in [-0.3, -0.25) is 5.04 Å². The van der Waals surface area contributed by atoms with Gasteiger partial charge in [0.1, 0.15) is 12.0 Å². The molecule has 0 fully saturated rings. The van der Waals surface area contributed by atoms with Crippen molar-refractivity contribution in [2.45, 2.75) is 26.4 Å². The van der Waals surface area contributed by atoms with E-state index in [4.69, 9.17) is 0 Å². The number of hydrogen-bond acceptors (Lipinski definition) is 6. The maximum Gasteiger partial charge on any atom is 0.415 e. The molecule has 0 aliphatic rings. The molecule has 41 heavy (non-hydrogen) atoms. The molecular weight excluding hydrogens is 566 g/mol. The third-order valence-electron chi connectivity index (χ3n) is 5.83. The molecule has 0 spiro atoms. The fourth-order valence-corrected chi connectivity index (χ4v) is 6.36. The van der Waals surface area contributed by atoms with E-state index in [1.54, 1.807) is 0 Å². The first kappa shape index (κ1) is 30.2. The highest BCUT2D eigenvalue weighted by molar-refractivity contribution is 7.97. The van der Waals surface area contributed by atoms with Gasteiger partial charge in [0.15, 0.2) is 14.7 Å². The number of carbonyl (C=O) groups excluding carboxylic acids is 1. The lowest BCUT2D eigenvalue weighted by atomic mass is 10.0. The molecule has 210 valence electrons. The summed E-state index contributed by atoms with van der Waals surface area (Å²) in [5.74, 6) is -1.80. The van der Waals surface area contributed by atoms with Gasteiger partial charge in [0.25, 0.3) is 0 Å². The van der Waals surface area contributed by atoms with E-state index in [1.807, 2.05) is 42.5 Å². The lowest BCUT2D eigenvalue weighted by molar-refractivity contribution is -0.777. The Labute approximate surface area is 244 Å². The molecule has 0 bridgehead atoms. The van der Waals surface area contributed by atoms with Crippen LogP contribution in [0.1, 0.15) is 5.56 Å². The first-order chi connectivity index (χ1) is 20.0. The summed E-state index contributed by atoms with van der Waals surface area (Å²) in [5, 5.41) is 10.2. The predicted octanol–water partition coefficient (Wildman–Crippen LogP) is 7.17. The summed E-state index contributed by atoms with van der Waals surface area (Å²) in [4.78, 5) is 15.3. The lowest BCUT2D eigenvalue weighted by Gasteiger charge is -2.14. The molecule has 0 aliphatic carbocycles. The van der Waals surface area contributed by atoms with Crippen molar-refractivity contribution in [3.05, 3.63) is 139 Å². The molecule has 5 rings (SSSR count). The van der Waals surface area contributed by atoms with Crippen LogP contribution in [-0.2, 0) is 36.2 Å². The molecule has 5 aromatic carbocycles. The number of esters is 1. The van der Waals surface area contributed by atoms with E-state index in [0.717, 1.165) is 16.3 Å². The second-order valence-electron chi connectivity index (χ2n) is 8.51. The summed E-state index contributed by atoms with van der Waals surface area (Å²) in [6, 6.07) is 45.3. The van der Waals surface area contributed by atoms with Crippen molar-refractivity contribution in [3.63, 3.8) is 0 Å². The van der Waals surface area contributed by atoms with Gasteiger partial charge >= 0.3 is 11.2 Å². The third-order valence-corrected chi connectivity index (χ3v) is 8.56. The summed E-state index contributed by atoms with van der Waals surface area (Å²) >= 11 is -0.707. The standard InChI is InChI=1S/C18H15S.C14H12F2O5S/c1-4-10-16(11-5-1)19(17-12-6-2-7-13-17)18-14-8-3-9-15-18;15-14(16,22-21-20-18)13(17)19-9-8-11-6-3-5-10-4-1-2-7-12(10)11/h1-15H;1-7,18H,8-9H2/q+1;/p-1. The molecule has 0 saturated carbocycles. The van der Waals surface area contributed by atoms with Gasteiger partial charge in [0, 0.05) is 6.42 Å². The monoisotopic (exact) mass is 592 g/mol. The Morgan fingerprint density at radius 3 is 1.73 bits per heavy atom. The number of benzene rings is 5. The fraction of sp³-hybridized carbons (Fsp3) is 0.0938. The zero-order valence-electron chi connectivity index (χ0n) is 21.7. The molecule has 5 nitrogen and oxygen atoms in total. The van der Waals surface area contributed by atoms with Gasteiger partial charge in [0.2, 0.25) is 0 Å². The summed E-state index contributed by atoms with van der Waals surface area (Å²) in [6.07, 6.45) is 0.284. The number of fused-ring (bicyclic) bond motifs is 1. The highest BCUT2D eigenvalue weighted by Crippen LogP contribution is 2.32. The van der Waals surface area contributed by atoms with E-state index < -0.39 is 23.3 Å². The van der Waals surface area contributed by atoms with Crippen LogP contribution in [0.3, 0.4) is 0 Å². The molecule has 0 radical (unpaired) electrons. The number of ether oxygens (including phenoxy) is 1. The fourth-order valence-electron chi connectivity index (χ4n) is 4.02. The van der Waals surface area contributed by atoms with E-state index in [1.165, 1.54) is 14.7 Å². The molecule has 0 heterocycles. The first-order valence-electron chi connectivity index (χ1n) is 12.5. The highest BCUT2D eigenvalue weighted by atomic mass is 32.2. The van der Waals surface area contributed by atoms with Gasteiger partial charge in [0.05, 0.1) is 17.5 Å². The first-order valence-corrected chi connectivity index (χ1v) is 14.5. The Bertz CT molecular complexity index is 1410. The lowest BCUT2D eigenvalue weighted by Crippen LogP contribution is -2.28. The molecular formula is C32H26F2O5S2. The number of rotatable bonds is 10. The minimum atomic E-state index is -4.01. The van der Waals surface area contributed by atoms with E-state index >= 15 is 0 Å². The van der Waals surface area contributed by atoms with Crippen LogP contribution < -0.4 is 5.26 Å². The zero-order chi connectivity index (χ0) is 28.9. The molecule has 0 saturated heterocycles. The predicted molar refractivity (Wildman–Crippen MR) is 155 cm³/mol. The smallest absolute Gasteiger partial charge is 0.415 e. The van der Waals surface area contributed by atoms with Crippen molar-refractivity contribution >= 4 is 39.7 Å². The van der Waals surface area contributed by atoms with Crippen molar-refractivity contribution in [3.8, 4) is 0 Å². The summed E-state index contributed by atoms with van der Waals surface area (Å²) in [6.45, 7) is -0.221. The van der Waals surface area contributed by atoms with Gasteiger partial charge in [-0.1, -0.05) is 97.1 Å². The number of halogens is 2. The Balaban J connectivity index is 0.000000191. The zero-order valence-corrected chi connectivity index (χ0v) is 23.4. The molecule has 0 aliphatic heterocycles. The van der Waals surface area contributed by atoms with Crippen LogP contribution in [0.15, 0.2) is 148 Å². The molecule has 0 amide bonds. The van der Waals surface area contributed by atoms with Crippen molar-refractivity contribution in [2.24, 2.45) is 0 Å². The Hall–Kier alpha value is -3.73. The van der Waals surface area contributed by atoms with Crippen LogP contribution in [0, 0.1) is 0 Å². The summed E-state index contributed by atoms with van der Waals surface area (Å²) in [5.41, 5.74) is 0.876. The summed E-state index contributed by atoms with van der Waals surface area (Å²) in [7, 11) is -0.0146. The van der Waals surface area contributed by atoms with Gasteiger partial charge in [-0.2, -0.15) is 13.1 Å². The SMILES string of the molecule is O=C(OCCc1cccc2ccccc12)C(F)(F)SOO[O-].c1ccc([S+](c2ccccc2)c2ccccc2)cc1. The molecule has 0 unspecified atom stereocenters. The second kappa shape index (κ2) is 15.3. The van der Waals surface area contributed by atoms with Crippen LogP contribution in [0.5, 0.6) is 0 Å². The largest absolute Gasteiger partial charge is 0.691 e. The molecule has 0 N–H and O–H groups in total. The van der Waals surface area contributed by atoms with Crippen LogP contribution in [0.4, 0.5) is 8.78 Å². The minimum absolute atomic E-state index is 0.0146. The van der Waals surface area contributed by atoms with E-state index in [2.05, 4.69) is 105 Å². The molecule has 5 aromatic rings.